The van der Waals surface area contributed by atoms with Gasteiger partial charge in [-0.1, -0.05) is 17.7 Å². The van der Waals surface area contributed by atoms with Gasteiger partial charge < -0.3 is 0 Å². The molecule has 3 nitrogen and oxygen atoms in total. The van der Waals surface area contributed by atoms with Crippen LogP contribution in [0.4, 0.5) is 0 Å². The smallest absolute Gasteiger partial charge is 0.211 e. The van der Waals surface area contributed by atoms with Crippen molar-refractivity contribution in [2.75, 3.05) is 6.54 Å². The molecule has 0 spiro atoms. The summed E-state index contributed by atoms with van der Waals surface area (Å²) in [5.74, 6) is 0.353. The van der Waals surface area contributed by atoms with Gasteiger partial charge in [-0.3, -0.25) is 0 Å². The summed E-state index contributed by atoms with van der Waals surface area (Å²) in [5, 5.41) is 0.619. The lowest BCUT2D eigenvalue weighted by molar-refractivity contribution is 0.324. The Hall–Kier alpha value is -0.290. The lowest BCUT2D eigenvalue weighted by atomic mass is 9.85. The van der Waals surface area contributed by atoms with Crippen LogP contribution in [0.3, 0.4) is 0 Å². The van der Waals surface area contributed by atoms with Gasteiger partial charge in [0.05, 0.1) is 4.90 Å². The lowest BCUT2D eigenvalue weighted by Crippen LogP contribution is -2.36. The average Bonchev–Trinajstić information content (AvgIpc) is 2.23. The normalized spacial score (nSPS) is 24.4. The van der Waals surface area contributed by atoms with Gasteiger partial charge in [0, 0.05) is 16.9 Å². The Bertz CT molecular complexity index is 498. The van der Waals surface area contributed by atoms with Crippen molar-refractivity contribution >= 4 is 33.2 Å². The molecule has 1 fully saturated rings. The van der Waals surface area contributed by atoms with Crippen molar-refractivity contribution in [1.29, 1.82) is 0 Å². The molecule has 0 heterocycles. The zero-order chi connectivity index (χ0) is 12.5. The maximum Gasteiger partial charge on any atom is 0.240 e. The van der Waals surface area contributed by atoms with Gasteiger partial charge in [0.15, 0.2) is 0 Å². The predicted octanol–water partition coefficient (Wildman–Crippen LogP) is 2.64. The maximum absolute atomic E-state index is 11.9. The Kier molecular flexibility index (Phi) is 3.98. The van der Waals surface area contributed by atoms with E-state index in [9.17, 15) is 8.42 Å². The molecule has 0 atom stereocenters. The van der Waals surface area contributed by atoms with E-state index in [1.807, 2.05) is 0 Å². The van der Waals surface area contributed by atoms with Gasteiger partial charge in [-0.05, 0) is 37.0 Å². The van der Waals surface area contributed by atoms with Crippen molar-refractivity contribution in [3.8, 4) is 0 Å². The molecular formula is C11H13Cl2NO2S. The number of halogens is 2. The fraction of sp³-hybridized carbons (Fsp3) is 0.455. The second-order valence-electron chi connectivity index (χ2n) is 4.24. The Morgan fingerprint density at radius 3 is 2.65 bits per heavy atom. The van der Waals surface area contributed by atoms with Crippen LogP contribution < -0.4 is 4.72 Å². The molecule has 2 rings (SSSR count). The van der Waals surface area contributed by atoms with E-state index in [0.717, 1.165) is 12.8 Å². The van der Waals surface area contributed by atoms with E-state index in [2.05, 4.69) is 4.72 Å². The van der Waals surface area contributed by atoms with Gasteiger partial charge in [0.2, 0.25) is 10.0 Å². The first-order chi connectivity index (χ1) is 7.97. The van der Waals surface area contributed by atoms with Crippen LogP contribution in [-0.4, -0.2) is 20.3 Å². The van der Waals surface area contributed by atoms with E-state index in [4.69, 9.17) is 23.2 Å². The minimum atomic E-state index is -3.45. The minimum absolute atomic E-state index is 0.201. The largest absolute Gasteiger partial charge is 0.240 e. The Morgan fingerprint density at radius 2 is 2.06 bits per heavy atom. The fourth-order valence-electron chi connectivity index (χ4n) is 1.77. The standard InChI is InChI=1S/C11H13Cl2NO2S/c12-9-2-1-3-11(6-9)17(15,16)14-7-8-4-10(13)5-8/h1-3,6,8,10,14H,4-5,7H2. The molecule has 0 saturated heterocycles. The van der Waals surface area contributed by atoms with Gasteiger partial charge in [0.25, 0.3) is 0 Å². The van der Waals surface area contributed by atoms with Crippen molar-refractivity contribution in [3.63, 3.8) is 0 Å². The van der Waals surface area contributed by atoms with Gasteiger partial charge in [-0.25, -0.2) is 13.1 Å². The zero-order valence-electron chi connectivity index (χ0n) is 9.07. The molecule has 0 aromatic heterocycles. The number of sulfonamides is 1. The van der Waals surface area contributed by atoms with Gasteiger partial charge in [-0.2, -0.15) is 0 Å². The molecule has 6 heteroatoms. The van der Waals surface area contributed by atoms with Crippen LogP contribution in [0.5, 0.6) is 0 Å². The summed E-state index contributed by atoms with van der Waals surface area (Å²) in [4.78, 5) is 0.201. The van der Waals surface area contributed by atoms with E-state index in [0.29, 0.717) is 17.5 Å². The first-order valence-corrected chi connectivity index (χ1v) is 7.66. The van der Waals surface area contributed by atoms with Crippen LogP contribution in [0.2, 0.25) is 5.02 Å². The first kappa shape index (κ1) is 13.1. The van der Waals surface area contributed by atoms with Gasteiger partial charge >= 0.3 is 0 Å². The summed E-state index contributed by atoms with van der Waals surface area (Å²) < 4.78 is 26.4. The molecular weight excluding hydrogens is 281 g/mol. The number of nitrogens with one attached hydrogen (secondary N) is 1. The lowest BCUT2D eigenvalue weighted by Gasteiger charge is -2.30. The van der Waals surface area contributed by atoms with Crippen LogP contribution in [-0.2, 0) is 10.0 Å². The third-order valence-electron chi connectivity index (χ3n) is 2.85. The number of rotatable bonds is 4. The zero-order valence-corrected chi connectivity index (χ0v) is 11.4. The highest BCUT2D eigenvalue weighted by Gasteiger charge is 2.28. The molecule has 1 aromatic rings. The predicted molar refractivity (Wildman–Crippen MR) is 69.0 cm³/mol. The molecule has 1 aliphatic carbocycles. The summed E-state index contributed by atoms with van der Waals surface area (Å²) in [6.45, 7) is 0.443. The third-order valence-corrected chi connectivity index (χ3v) is 4.86. The van der Waals surface area contributed by atoms with E-state index in [1.165, 1.54) is 12.1 Å². The number of hydrogen-bond donors (Lipinski definition) is 1. The molecule has 1 aliphatic rings. The third kappa shape index (κ3) is 3.35. The van der Waals surface area contributed by atoms with Crippen LogP contribution in [0.1, 0.15) is 12.8 Å². The highest BCUT2D eigenvalue weighted by molar-refractivity contribution is 7.89. The van der Waals surface area contributed by atoms with Crippen LogP contribution in [0.25, 0.3) is 0 Å². The van der Waals surface area contributed by atoms with Crippen molar-refractivity contribution < 1.29 is 8.42 Å². The highest BCUT2D eigenvalue weighted by atomic mass is 35.5. The van der Waals surface area contributed by atoms with E-state index in [-0.39, 0.29) is 10.3 Å². The molecule has 1 aromatic carbocycles. The highest BCUT2D eigenvalue weighted by Crippen LogP contribution is 2.31. The Balaban J connectivity index is 1.99. The van der Waals surface area contributed by atoms with Crippen LogP contribution in [0.15, 0.2) is 29.2 Å². The van der Waals surface area contributed by atoms with Gasteiger partial charge in [-0.15, -0.1) is 11.6 Å². The molecule has 0 aliphatic heterocycles. The van der Waals surface area contributed by atoms with Crippen molar-refractivity contribution in [2.24, 2.45) is 5.92 Å². The monoisotopic (exact) mass is 293 g/mol. The second-order valence-corrected chi connectivity index (χ2v) is 7.06. The quantitative estimate of drug-likeness (QED) is 0.868. The van der Waals surface area contributed by atoms with Crippen molar-refractivity contribution in [2.45, 2.75) is 23.1 Å². The summed E-state index contributed by atoms with van der Waals surface area (Å²) >= 11 is 11.6. The van der Waals surface area contributed by atoms with Crippen molar-refractivity contribution in [1.82, 2.24) is 4.72 Å². The Labute approximate surface area is 111 Å². The SMILES string of the molecule is O=S(=O)(NCC1CC(Cl)C1)c1cccc(Cl)c1. The topological polar surface area (TPSA) is 46.2 Å². The Morgan fingerprint density at radius 1 is 1.35 bits per heavy atom. The summed E-state index contributed by atoms with van der Waals surface area (Å²) in [7, 11) is -3.45. The summed E-state index contributed by atoms with van der Waals surface area (Å²) in [6.07, 6.45) is 1.75. The minimum Gasteiger partial charge on any atom is -0.211 e. The summed E-state index contributed by atoms with van der Waals surface area (Å²) in [5.41, 5.74) is 0. The van der Waals surface area contributed by atoms with Gasteiger partial charge in [0.1, 0.15) is 0 Å². The van der Waals surface area contributed by atoms with Crippen LogP contribution >= 0.6 is 23.2 Å². The summed E-state index contributed by atoms with van der Waals surface area (Å²) in [6, 6.07) is 6.23. The molecule has 0 radical (unpaired) electrons. The molecule has 1 N–H and O–H groups in total. The maximum atomic E-state index is 11.9. The molecule has 17 heavy (non-hydrogen) atoms. The molecule has 0 amide bonds. The molecule has 94 valence electrons. The van der Waals surface area contributed by atoms with E-state index >= 15 is 0 Å². The first-order valence-electron chi connectivity index (χ1n) is 5.36. The number of hydrogen-bond acceptors (Lipinski definition) is 2. The number of alkyl halides is 1. The van der Waals surface area contributed by atoms with Crippen LogP contribution in [0, 0.1) is 5.92 Å². The number of benzene rings is 1. The molecule has 1 saturated carbocycles. The molecule has 0 bridgehead atoms. The van der Waals surface area contributed by atoms with E-state index in [1.54, 1.807) is 12.1 Å². The van der Waals surface area contributed by atoms with E-state index < -0.39 is 10.0 Å². The average molecular weight is 294 g/mol. The second kappa shape index (κ2) is 5.14. The van der Waals surface area contributed by atoms with Crippen molar-refractivity contribution in [3.05, 3.63) is 29.3 Å². The molecule has 0 unspecified atom stereocenters. The fourth-order valence-corrected chi connectivity index (χ4v) is 3.69.